The molecular formula is C18H14ClNO3. The van der Waals surface area contributed by atoms with Crippen molar-refractivity contribution in [3.63, 3.8) is 0 Å². The quantitative estimate of drug-likeness (QED) is 0.801. The number of hydrogen-bond acceptors (Lipinski definition) is 2. The SMILES string of the molecule is Cn1c(=O)c(CC(=O)O)c(-c2ccccc2Cl)c2ccccc21. The standard InChI is InChI=1S/C18H14ClNO3/c1-20-15-9-5-3-7-12(15)17(11-6-2-4-8-14(11)19)13(18(20)23)10-16(21)22/h2-9H,10H2,1H3,(H,21,22). The maximum atomic E-state index is 12.7. The number of fused-ring (bicyclic) bond motifs is 1. The second-order valence-electron chi connectivity index (χ2n) is 5.29. The number of aromatic nitrogens is 1. The fourth-order valence-electron chi connectivity index (χ4n) is 2.85. The Hall–Kier alpha value is -2.59. The summed E-state index contributed by atoms with van der Waals surface area (Å²) in [5, 5.41) is 10.5. The van der Waals surface area contributed by atoms with E-state index in [9.17, 15) is 14.7 Å². The van der Waals surface area contributed by atoms with Gasteiger partial charge in [0.1, 0.15) is 0 Å². The molecule has 0 atom stereocenters. The molecule has 1 N–H and O–H groups in total. The van der Waals surface area contributed by atoms with Gasteiger partial charge in [0, 0.05) is 34.1 Å². The van der Waals surface area contributed by atoms with Crippen molar-refractivity contribution in [1.82, 2.24) is 4.57 Å². The zero-order valence-electron chi connectivity index (χ0n) is 12.4. The molecule has 4 nitrogen and oxygen atoms in total. The van der Waals surface area contributed by atoms with Gasteiger partial charge in [-0.2, -0.15) is 0 Å². The number of rotatable bonds is 3. The Labute approximate surface area is 137 Å². The van der Waals surface area contributed by atoms with Crippen molar-refractivity contribution >= 4 is 28.5 Å². The molecule has 0 aliphatic rings. The summed E-state index contributed by atoms with van der Waals surface area (Å²) in [5.74, 6) is -1.05. The second-order valence-corrected chi connectivity index (χ2v) is 5.69. The first kappa shape index (κ1) is 15.3. The maximum Gasteiger partial charge on any atom is 0.308 e. The molecule has 0 bridgehead atoms. The second kappa shape index (κ2) is 5.89. The van der Waals surface area contributed by atoms with Gasteiger partial charge in [0.05, 0.1) is 11.9 Å². The highest BCUT2D eigenvalue weighted by atomic mass is 35.5. The fourth-order valence-corrected chi connectivity index (χ4v) is 3.08. The Morgan fingerprint density at radius 2 is 1.78 bits per heavy atom. The summed E-state index contributed by atoms with van der Waals surface area (Å²) in [6.07, 6.45) is -0.349. The van der Waals surface area contributed by atoms with Gasteiger partial charge < -0.3 is 9.67 Å². The van der Waals surface area contributed by atoms with Crippen molar-refractivity contribution in [3.05, 3.63) is 69.5 Å². The highest BCUT2D eigenvalue weighted by Crippen LogP contribution is 2.34. The molecule has 0 unspecified atom stereocenters. The number of benzene rings is 2. The monoisotopic (exact) mass is 327 g/mol. The first-order valence-electron chi connectivity index (χ1n) is 7.08. The van der Waals surface area contributed by atoms with Gasteiger partial charge in [-0.05, 0) is 12.1 Å². The number of carboxylic acid groups (broad SMARTS) is 1. The van der Waals surface area contributed by atoms with E-state index in [4.69, 9.17) is 11.6 Å². The van der Waals surface area contributed by atoms with E-state index in [0.717, 1.165) is 10.9 Å². The average molecular weight is 328 g/mol. The Morgan fingerprint density at radius 3 is 2.48 bits per heavy atom. The van der Waals surface area contributed by atoms with Crippen molar-refractivity contribution in [3.8, 4) is 11.1 Å². The van der Waals surface area contributed by atoms with Crippen LogP contribution in [0.5, 0.6) is 0 Å². The summed E-state index contributed by atoms with van der Waals surface area (Å²) >= 11 is 6.30. The number of carbonyl (C=O) groups is 1. The predicted molar refractivity (Wildman–Crippen MR) is 91.0 cm³/mol. The van der Waals surface area contributed by atoms with Gasteiger partial charge in [-0.25, -0.2) is 0 Å². The maximum absolute atomic E-state index is 12.7. The molecule has 1 heterocycles. The van der Waals surface area contributed by atoms with Crippen molar-refractivity contribution in [2.24, 2.45) is 7.05 Å². The summed E-state index contributed by atoms with van der Waals surface area (Å²) in [4.78, 5) is 23.9. The Bertz CT molecular complexity index is 976. The van der Waals surface area contributed by atoms with Crippen molar-refractivity contribution < 1.29 is 9.90 Å². The van der Waals surface area contributed by atoms with E-state index in [0.29, 0.717) is 16.1 Å². The summed E-state index contributed by atoms with van der Waals surface area (Å²) in [6.45, 7) is 0. The molecule has 1 aromatic heterocycles. The van der Waals surface area contributed by atoms with Crippen LogP contribution in [-0.2, 0) is 18.3 Å². The van der Waals surface area contributed by atoms with E-state index in [2.05, 4.69) is 0 Å². The molecule has 23 heavy (non-hydrogen) atoms. The van der Waals surface area contributed by atoms with Gasteiger partial charge in [0.2, 0.25) is 0 Å². The number of pyridine rings is 1. The van der Waals surface area contributed by atoms with Gasteiger partial charge in [0.15, 0.2) is 0 Å². The molecule has 2 aromatic carbocycles. The third-order valence-corrected chi connectivity index (χ3v) is 4.20. The Balaban J connectivity index is 2.51. The first-order valence-corrected chi connectivity index (χ1v) is 7.46. The van der Waals surface area contributed by atoms with Crippen LogP contribution in [-0.4, -0.2) is 15.6 Å². The number of halogens is 1. The smallest absolute Gasteiger partial charge is 0.308 e. The molecule has 0 spiro atoms. The van der Waals surface area contributed by atoms with E-state index in [-0.39, 0.29) is 17.5 Å². The zero-order chi connectivity index (χ0) is 16.6. The number of aliphatic carboxylic acids is 1. The van der Waals surface area contributed by atoms with Gasteiger partial charge in [0.25, 0.3) is 5.56 Å². The molecule has 3 rings (SSSR count). The van der Waals surface area contributed by atoms with Crippen LogP contribution in [0, 0.1) is 0 Å². The molecule has 0 fully saturated rings. The summed E-state index contributed by atoms with van der Waals surface area (Å²) in [6, 6.07) is 14.6. The van der Waals surface area contributed by atoms with E-state index < -0.39 is 5.97 Å². The van der Waals surface area contributed by atoms with Gasteiger partial charge in [-0.1, -0.05) is 48.0 Å². The molecule has 0 aliphatic carbocycles. The molecule has 0 saturated heterocycles. The van der Waals surface area contributed by atoms with Crippen LogP contribution in [0.2, 0.25) is 5.02 Å². The Morgan fingerprint density at radius 1 is 1.13 bits per heavy atom. The molecule has 0 amide bonds. The summed E-state index contributed by atoms with van der Waals surface area (Å²) < 4.78 is 1.48. The zero-order valence-corrected chi connectivity index (χ0v) is 13.2. The lowest BCUT2D eigenvalue weighted by atomic mass is 9.94. The molecule has 5 heteroatoms. The molecule has 0 saturated carbocycles. The molecule has 116 valence electrons. The summed E-state index contributed by atoms with van der Waals surface area (Å²) in [5.41, 5.74) is 1.92. The van der Waals surface area contributed by atoms with Crippen molar-refractivity contribution in [2.75, 3.05) is 0 Å². The van der Waals surface area contributed by atoms with Crippen LogP contribution in [0.3, 0.4) is 0 Å². The lowest BCUT2D eigenvalue weighted by Gasteiger charge is -2.16. The highest BCUT2D eigenvalue weighted by Gasteiger charge is 2.20. The topological polar surface area (TPSA) is 59.3 Å². The van der Waals surface area contributed by atoms with E-state index in [1.165, 1.54) is 4.57 Å². The molecular weight excluding hydrogens is 314 g/mol. The number of para-hydroxylation sites is 1. The van der Waals surface area contributed by atoms with Crippen LogP contribution in [0.4, 0.5) is 0 Å². The normalized spacial score (nSPS) is 10.9. The van der Waals surface area contributed by atoms with E-state index in [1.807, 2.05) is 30.3 Å². The van der Waals surface area contributed by atoms with Gasteiger partial charge in [-0.15, -0.1) is 0 Å². The number of carboxylic acids is 1. The highest BCUT2D eigenvalue weighted by molar-refractivity contribution is 6.33. The molecule has 0 radical (unpaired) electrons. The number of nitrogens with zero attached hydrogens (tertiary/aromatic N) is 1. The lowest BCUT2D eigenvalue weighted by Crippen LogP contribution is -2.24. The largest absolute Gasteiger partial charge is 0.481 e. The van der Waals surface area contributed by atoms with Crippen LogP contribution < -0.4 is 5.56 Å². The first-order chi connectivity index (χ1) is 11.0. The third-order valence-electron chi connectivity index (χ3n) is 3.87. The van der Waals surface area contributed by atoms with Crippen LogP contribution in [0.25, 0.3) is 22.0 Å². The van der Waals surface area contributed by atoms with Crippen molar-refractivity contribution in [1.29, 1.82) is 0 Å². The van der Waals surface area contributed by atoms with Gasteiger partial charge >= 0.3 is 5.97 Å². The van der Waals surface area contributed by atoms with E-state index in [1.54, 1.807) is 25.2 Å². The van der Waals surface area contributed by atoms with Gasteiger partial charge in [-0.3, -0.25) is 9.59 Å². The number of aryl methyl sites for hydroxylation is 1. The fraction of sp³-hybridized carbons (Fsp3) is 0.111. The van der Waals surface area contributed by atoms with Crippen LogP contribution in [0.15, 0.2) is 53.3 Å². The van der Waals surface area contributed by atoms with Crippen molar-refractivity contribution in [2.45, 2.75) is 6.42 Å². The lowest BCUT2D eigenvalue weighted by molar-refractivity contribution is -0.136. The minimum absolute atomic E-state index is 0.242. The average Bonchev–Trinajstić information content (AvgIpc) is 2.53. The minimum atomic E-state index is -1.05. The molecule has 3 aromatic rings. The number of hydrogen-bond donors (Lipinski definition) is 1. The minimum Gasteiger partial charge on any atom is -0.481 e. The third kappa shape index (κ3) is 2.62. The van der Waals surface area contributed by atoms with E-state index >= 15 is 0 Å². The molecule has 0 aliphatic heterocycles. The summed E-state index contributed by atoms with van der Waals surface area (Å²) in [7, 11) is 1.65. The Kier molecular flexibility index (Phi) is 3.92. The van der Waals surface area contributed by atoms with Crippen LogP contribution >= 0.6 is 11.6 Å². The van der Waals surface area contributed by atoms with Crippen LogP contribution in [0.1, 0.15) is 5.56 Å². The predicted octanol–water partition coefficient (Wildman–Crippen LogP) is 3.49.